The fourth-order valence-electron chi connectivity index (χ4n) is 2.35. The first-order valence-electron chi connectivity index (χ1n) is 5.88. The number of aromatic hydroxyl groups is 1. The maximum absolute atomic E-state index is 10.0. The summed E-state index contributed by atoms with van der Waals surface area (Å²) in [5, 5.41) is 10.0. The van der Waals surface area contributed by atoms with Gasteiger partial charge in [0.05, 0.1) is 0 Å². The van der Waals surface area contributed by atoms with Gasteiger partial charge in [0.2, 0.25) is 0 Å². The van der Waals surface area contributed by atoms with Gasteiger partial charge in [0.1, 0.15) is 5.75 Å². The molecule has 0 aliphatic heterocycles. The van der Waals surface area contributed by atoms with Gasteiger partial charge in [0, 0.05) is 0 Å². The van der Waals surface area contributed by atoms with Gasteiger partial charge < -0.3 is 5.11 Å². The van der Waals surface area contributed by atoms with Crippen LogP contribution in [0.25, 0.3) is 11.1 Å². The van der Waals surface area contributed by atoms with Crippen LogP contribution in [0.1, 0.15) is 22.3 Å². The van der Waals surface area contributed by atoms with Crippen LogP contribution in [-0.2, 0) is 0 Å². The van der Waals surface area contributed by atoms with Crippen molar-refractivity contribution < 1.29 is 5.11 Å². The molecule has 0 heterocycles. The molecule has 0 fully saturated rings. The van der Waals surface area contributed by atoms with Gasteiger partial charge in [0.25, 0.3) is 0 Å². The first kappa shape index (κ1) is 11.7. The number of phenolic OH excluding ortho intramolecular Hbond substituents is 1. The summed E-state index contributed by atoms with van der Waals surface area (Å²) in [5.74, 6) is 0.408. The van der Waals surface area contributed by atoms with Crippen LogP contribution in [0.4, 0.5) is 0 Å². The van der Waals surface area contributed by atoms with Crippen LogP contribution in [0.15, 0.2) is 30.3 Å². The Morgan fingerprint density at radius 3 is 1.94 bits per heavy atom. The van der Waals surface area contributed by atoms with Crippen LogP contribution < -0.4 is 0 Å². The summed E-state index contributed by atoms with van der Waals surface area (Å²) in [4.78, 5) is 0. The number of phenols is 1. The van der Waals surface area contributed by atoms with Crippen molar-refractivity contribution in [2.75, 3.05) is 0 Å². The van der Waals surface area contributed by atoms with Gasteiger partial charge in [-0.3, -0.25) is 0 Å². The summed E-state index contributed by atoms with van der Waals surface area (Å²) in [6.07, 6.45) is 0. The molecule has 0 saturated heterocycles. The van der Waals surface area contributed by atoms with Crippen molar-refractivity contribution >= 4 is 0 Å². The first-order chi connectivity index (χ1) is 8.02. The third-order valence-corrected chi connectivity index (χ3v) is 3.38. The highest BCUT2D eigenvalue weighted by molar-refractivity contribution is 5.75. The van der Waals surface area contributed by atoms with E-state index in [1.54, 1.807) is 0 Å². The van der Waals surface area contributed by atoms with Crippen LogP contribution in [-0.4, -0.2) is 5.11 Å². The Hall–Kier alpha value is -1.76. The third-order valence-electron chi connectivity index (χ3n) is 3.38. The lowest BCUT2D eigenvalue weighted by Gasteiger charge is -2.14. The summed E-state index contributed by atoms with van der Waals surface area (Å²) < 4.78 is 0. The lowest BCUT2D eigenvalue weighted by atomic mass is 9.91. The molecule has 1 N–H and O–H groups in total. The molecule has 0 bridgehead atoms. The molecule has 2 aromatic rings. The number of rotatable bonds is 1. The molecule has 88 valence electrons. The van der Waals surface area contributed by atoms with Gasteiger partial charge in [-0.1, -0.05) is 30.3 Å². The average molecular weight is 226 g/mol. The minimum atomic E-state index is 0.408. The molecular formula is C16H18O. The standard InChI is InChI=1S/C16H18O/c1-10-6-5-7-11(2)15(10)14-9-8-12(3)16(17)13(14)4/h5-9,17H,1-4H3. The molecule has 1 heteroatoms. The maximum Gasteiger partial charge on any atom is 0.122 e. The van der Waals surface area contributed by atoms with E-state index in [0.29, 0.717) is 5.75 Å². The highest BCUT2D eigenvalue weighted by atomic mass is 16.3. The summed E-state index contributed by atoms with van der Waals surface area (Å²) in [5.41, 5.74) is 6.75. The van der Waals surface area contributed by atoms with E-state index in [2.05, 4.69) is 38.1 Å². The van der Waals surface area contributed by atoms with Crippen molar-refractivity contribution in [3.8, 4) is 16.9 Å². The van der Waals surface area contributed by atoms with Crippen LogP contribution in [0.3, 0.4) is 0 Å². The maximum atomic E-state index is 10.0. The lowest BCUT2D eigenvalue weighted by Crippen LogP contribution is -1.92. The van der Waals surface area contributed by atoms with Gasteiger partial charge in [-0.2, -0.15) is 0 Å². The van der Waals surface area contributed by atoms with E-state index in [1.807, 2.05) is 19.9 Å². The zero-order valence-corrected chi connectivity index (χ0v) is 10.8. The monoisotopic (exact) mass is 226 g/mol. The Labute approximate surface area is 103 Å². The van der Waals surface area contributed by atoms with E-state index in [-0.39, 0.29) is 0 Å². The second kappa shape index (κ2) is 4.25. The third kappa shape index (κ3) is 1.93. The van der Waals surface area contributed by atoms with Gasteiger partial charge in [0.15, 0.2) is 0 Å². The zero-order valence-electron chi connectivity index (χ0n) is 10.8. The van der Waals surface area contributed by atoms with Gasteiger partial charge in [-0.25, -0.2) is 0 Å². The van der Waals surface area contributed by atoms with Gasteiger partial charge in [-0.05, 0) is 61.1 Å². The topological polar surface area (TPSA) is 20.2 Å². The predicted octanol–water partition coefficient (Wildman–Crippen LogP) is 4.29. The number of benzene rings is 2. The second-order valence-corrected chi connectivity index (χ2v) is 4.67. The molecule has 0 spiro atoms. The molecule has 0 saturated carbocycles. The van der Waals surface area contributed by atoms with E-state index in [1.165, 1.54) is 16.7 Å². The minimum Gasteiger partial charge on any atom is -0.507 e. The number of aryl methyl sites for hydroxylation is 3. The Bertz CT molecular complexity index is 548. The molecule has 0 aromatic heterocycles. The first-order valence-corrected chi connectivity index (χ1v) is 5.88. The fraction of sp³-hybridized carbons (Fsp3) is 0.250. The Balaban J connectivity index is 2.74. The fourth-order valence-corrected chi connectivity index (χ4v) is 2.35. The summed E-state index contributed by atoms with van der Waals surface area (Å²) >= 11 is 0. The highest BCUT2D eigenvalue weighted by Crippen LogP contribution is 2.35. The Morgan fingerprint density at radius 1 is 0.765 bits per heavy atom. The molecule has 0 amide bonds. The normalized spacial score (nSPS) is 10.6. The van der Waals surface area contributed by atoms with Crippen LogP contribution in [0.2, 0.25) is 0 Å². The van der Waals surface area contributed by atoms with E-state index in [0.717, 1.165) is 16.7 Å². The smallest absolute Gasteiger partial charge is 0.122 e. The molecule has 2 rings (SSSR count). The van der Waals surface area contributed by atoms with Crippen LogP contribution in [0, 0.1) is 27.7 Å². The lowest BCUT2D eigenvalue weighted by molar-refractivity contribution is 0.467. The minimum absolute atomic E-state index is 0.408. The molecule has 0 aliphatic carbocycles. The van der Waals surface area contributed by atoms with E-state index in [4.69, 9.17) is 0 Å². The van der Waals surface area contributed by atoms with Crippen molar-refractivity contribution in [3.63, 3.8) is 0 Å². The summed E-state index contributed by atoms with van der Waals surface area (Å²) in [6.45, 7) is 8.12. The van der Waals surface area contributed by atoms with Gasteiger partial charge >= 0.3 is 0 Å². The van der Waals surface area contributed by atoms with Crippen molar-refractivity contribution in [3.05, 3.63) is 52.6 Å². The SMILES string of the molecule is Cc1ccc(-c2c(C)cccc2C)c(C)c1O. The quantitative estimate of drug-likeness (QED) is 0.769. The van der Waals surface area contributed by atoms with Crippen molar-refractivity contribution in [2.45, 2.75) is 27.7 Å². The molecule has 0 unspecified atom stereocenters. The number of hydrogen-bond acceptors (Lipinski definition) is 1. The van der Waals surface area contributed by atoms with Crippen molar-refractivity contribution in [2.24, 2.45) is 0 Å². The van der Waals surface area contributed by atoms with E-state index < -0.39 is 0 Å². The predicted molar refractivity (Wildman–Crippen MR) is 72.5 cm³/mol. The Morgan fingerprint density at radius 2 is 1.35 bits per heavy atom. The van der Waals surface area contributed by atoms with Crippen LogP contribution >= 0.6 is 0 Å². The van der Waals surface area contributed by atoms with Gasteiger partial charge in [-0.15, -0.1) is 0 Å². The molecule has 0 radical (unpaired) electrons. The van der Waals surface area contributed by atoms with Crippen molar-refractivity contribution in [1.82, 2.24) is 0 Å². The number of hydrogen-bond donors (Lipinski definition) is 1. The van der Waals surface area contributed by atoms with Crippen molar-refractivity contribution in [1.29, 1.82) is 0 Å². The van der Waals surface area contributed by atoms with Crippen LogP contribution in [0.5, 0.6) is 5.75 Å². The highest BCUT2D eigenvalue weighted by Gasteiger charge is 2.11. The molecule has 0 aliphatic rings. The Kier molecular flexibility index (Phi) is 2.93. The second-order valence-electron chi connectivity index (χ2n) is 4.67. The molecule has 2 aromatic carbocycles. The molecular weight excluding hydrogens is 208 g/mol. The molecule has 17 heavy (non-hydrogen) atoms. The summed E-state index contributed by atoms with van der Waals surface area (Å²) in [7, 11) is 0. The molecule has 1 nitrogen and oxygen atoms in total. The summed E-state index contributed by atoms with van der Waals surface area (Å²) in [6, 6.07) is 10.4. The molecule has 0 atom stereocenters. The zero-order chi connectivity index (χ0) is 12.6. The largest absolute Gasteiger partial charge is 0.507 e. The van der Waals surface area contributed by atoms with E-state index in [9.17, 15) is 5.11 Å². The average Bonchev–Trinajstić information content (AvgIpc) is 2.29. The van der Waals surface area contributed by atoms with E-state index >= 15 is 0 Å².